The van der Waals surface area contributed by atoms with E-state index in [0.29, 0.717) is 5.75 Å². The molecule has 0 saturated carbocycles. The van der Waals surface area contributed by atoms with Crippen LogP contribution in [0.25, 0.3) is 0 Å². The first-order chi connectivity index (χ1) is 10.3. The Morgan fingerprint density at radius 2 is 1.77 bits per heavy atom. The van der Waals surface area contributed by atoms with E-state index >= 15 is 0 Å². The second-order valence-corrected chi connectivity index (χ2v) is 7.28. The summed E-state index contributed by atoms with van der Waals surface area (Å²) >= 11 is 0. The van der Waals surface area contributed by atoms with Crippen LogP contribution >= 0.6 is 0 Å². The molecule has 0 amide bonds. The fraction of sp³-hybridized carbons (Fsp3) is 0.312. The van der Waals surface area contributed by atoms with Gasteiger partial charge in [0.25, 0.3) is 0 Å². The molecule has 0 aliphatic heterocycles. The maximum atomic E-state index is 12.6. The molecule has 0 spiro atoms. The summed E-state index contributed by atoms with van der Waals surface area (Å²) in [5, 5.41) is 0. The molecule has 1 aromatic carbocycles. The predicted octanol–water partition coefficient (Wildman–Crippen LogP) is 2.61. The van der Waals surface area contributed by atoms with Crippen LogP contribution < -0.4 is 9.46 Å². The summed E-state index contributed by atoms with van der Waals surface area (Å²) in [6.45, 7) is 5.44. The quantitative estimate of drug-likeness (QED) is 0.919. The highest BCUT2D eigenvalue weighted by atomic mass is 32.2. The van der Waals surface area contributed by atoms with Gasteiger partial charge < -0.3 is 4.74 Å². The van der Waals surface area contributed by atoms with Crippen molar-refractivity contribution in [2.45, 2.75) is 31.2 Å². The van der Waals surface area contributed by atoms with E-state index in [9.17, 15) is 8.42 Å². The molecule has 1 heterocycles. The number of methoxy groups -OCH3 is 1. The van der Waals surface area contributed by atoms with E-state index in [0.717, 1.165) is 11.1 Å². The molecule has 0 aliphatic rings. The van der Waals surface area contributed by atoms with E-state index in [1.54, 1.807) is 43.8 Å². The van der Waals surface area contributed by atoms with Gasteiger partial charge in [0, 0.05) is 12.4 Å². The molecule has 118 valence electrons. The molecule has 0 bridgehead atoms. The summed E-state index contributed by atoms with van der Waals surface area (Å²) in [6.07, 6.45) is 3.28. The van der Waals surface area contributed by atoms with Gasteiger partial charge in [-0.1, -0.05) is 0 Å². The van der Waals surface area contributed by atoms with E-state index in [1.165, 1.54) is 6.07 Å². The first kappa shape index (κ1) is 16.5. The zero-order valence-corrected chi connectivity index (χ0v) is 13.9. The minimum absolute atomic E-state index is 0.216. The zero-order chi connectivity index (χ0) is 16.4. The number of ether oxygens (including phenoxy) is 1. The molecular formula is C16H20N2O3S. The van der Waals surface area contributed by atoms with Crippen LogP contribution in [0.1, 0.15) is 25.0 Å². The lowest BCUT2D eigenvalue weighted by molar-refractivity contribution is 0.411. The van der Waals surface area contributed by atoms with Crippen molar-refractivity contribution >= 4 is 10.0 Å². The average molecular weight is 320 g/mol. The fourth-order valence-electron chi connectivity index (χ4n) is 2.24. The Bertz CT molecular complexity index is 756. The van der Waals surface area contributed by atoms with Crippen molar-refractivity contribution in [3.05, 3.63) is 53.9 Å². The highest BCUT2D eigenvalue weighted by molar-refractivity contribution is 7.89. The van der Waals surface area contributed by atoms with Crippen LogP contribution in [0.4, 0.5) is 0 Å². The molecular weight excluding hydrogens is 300 g/mol. The van der Waals surface area contributed by atoms with Crippen molar-refractivity contribution in [3.8, 4) is 5.75 Å². The molecule has 0 radical (unpaired) electrons. The Kier molecular flexibility index (Phi) is 4.53. The third-order valence-electron chi connectivity index (χ3n) is 3.47. The highest BCUT2D eigenvalue weighted by Gasteiger charge is 2.28. The number of hydrogen-bond acceptors (Lipinski definition) is 4. The van der Waals surface area contributed by atoms with Crippen molar-refractivity contribution in [1.29, 1.82) is 0 Å². The number of hydrogen-bond donors (Lipinski definition) is 1. The zero-order valence-electron chi connectivity index (χ0n) is 13.1. The Morgan fingerprint density at radius 3 is 2.32 bits per heavy atom. The number of nitrogens with one attached hydrogen (secondary N) is 1. The Labute approximate surface area is 131 Å². The minimum atomic E-state index is -3.64. The maximum Gasteiger partial charge on any atom is 0.241 e. The lowest BCUT2D eigenvalue weighted by Crippen LogP contribution is -2.40. The van der Waals surface area contributed by atoms with Crippen molar-refractivity contribution in [3.63, 3.8) is 0 Å². The summed E-state index contributed by atoms with van der Waals surface area (Å²) in [5.41, 5.74) is 0.874. The van der Waals surface area contributed by atoms with Crippen LogP contribution in [0.3, 0.4) is 0 Å². The van der Waals surface area contributed by atoms with Crippen molar-refractivity contribution in [2.24, 2.45) is 0 Å². The van der Waals surface area contributed by atoms with Crippen LogP contribution in [0.2, 0.25) is 0 Å². The predicted molar refractivity (Wildman–Crippen MR) is 85.3 cm³/mol. The first-order valence-corrected chi connectivity index (χ1v) is 8.34. The Hall–Kier alpha value is -1.92. The van der Waals surface area contributed by atoms with Gasteiger partial charge in [-0.25, -0.2) is 13.1 Å². The lowest BCUT2D eigenvalue weighted by Gasteiger charge is -2.26. The molecule has 5 nitrogen and oxygen atoms in total. The molecule has 6 heteroatoms. The molecule has 0 unspecified atom stereocenters. The van der Waals surface area contributed by atoms with Gasteiger partial charge in [0.2, 0.25) is 10.0 Å². The van der Waals surface area contributed by atoms with E-state index in [4.69, 9.17) is 4.74 Å². The van der Waals surface area contributed by atoms with Gasteiger partial charge in [0.1, 0.15) is 5.75 Å². The van der Waals surface area contributed by atoms with Crippen molar-refractivity contribution in [2.75, 3.05) is 7.11 Å². The maximum absolute atomic E-state index is 12.6. The van der Waals surface area contributed by atoms with Crippen LogP contribution in [0.15, 0.2) is 47.6 Å². The SMILES string of the molecule is COc1ccc(S(=O)(=O)NC(C)(C)c2ccncc2)cc1C. The second-order valence-electron chi connectivity index (χ2n) is 5.60. The number of aromatic nitrogens is 1. The monoisotopic (exact) mass is 320 g/mol. The first-order valence-electron chi connectivity index (χ1n) is 6.85. The molecule has 0 saturated heterocycles. The summed E-state index contributed by atoms with van der Waals surface area (Å²) in [4.78, 5) is 4.17. The Balaban J connectivity index is 2.33. The molecule has 2 rings (SSSR count). The number of aryl methyl sites for hydroxylation is 1. The van der Waals surface area contributed by atoms with Crippen LogP contribution in [-0.4, -0.2) is 20.5 Å². The third kappa shape index (κ3) is 3.45. The summed E-state index contributed by atoms with van der Waals surface area (Å²) in [6, 6.07) is 8.38. The van der Waals surface area contributed by atoms with Gasteiger partial charge in [-0.15, -0.1) is 0 Å². The number of pyridine rings is 1. The normalized spacial score (nSPS) is 12.2. The topological polar surface area (TPSA) is 68.3 Å². The van der Waals surface area contributed by atoms with Crippen molar-refractivity contribution < 1.29 is 13.2 Å². The summed E-state index contributed by atoms with van der Waals surface area (Å²) in [7, 11) is -2.08. The summed E-state index contributed by atoms with van der Waals surface area (Å²) < 4.78 is 33.1. The van der Waals surface area contributed by atoms with E-state index in [-0.39, 0.29) is 4.90 Å². The average Bonchev–Trinajstić information content (AvgIpc) is 2.47. The minimum Gasteiger partial charge on any atom is -0.496 e. The number of sulfonamides is 1. The Morgan fingerprint density at radius 1 is 1.14 bits per heavy atom. The van der Waals surface area contributed by atoms with Gasteiger partial charge in [-0.05, 0) is 62.2 Å². The number of rotatable bonds is 5. The van der Waals surface area contributed by atoms with Gasteiger partial charge in [-0.2, -0.15) is 0 Å². The van der Waals surface area contributed by atoms with Crippen LogP contribution in [0, 0.1) is 6.92 Å². The van der Waals surface area contributed by atoms with E-state index in [1.807, 2.05) is 20.8 Å². The van der Waals surface area contributed by atoms with Gasteiger partial charge in [0.15, 0.2) is 0 Å². The van der Waals surface area contributed by atoms with Crippen LogP contribution in [0.5, 0.6) is 5.75 Å². The standard InChI is InChI=1S/C16H20N2O3S/c1-12-11-14(5-6-15(12)21-4)22(19,20)18-16(2,3)13-7-9-17-10-8-13/h5-11,18H,1-4H3. The molecule has 22 heavy (non-hydrogen) atoms. The molecule has 1 aromatic heterocycles. The smallest absolute Gasteiger partial charge is 0.241 e. The molecule has 0 atom stereocenters. The molecule has 2 aromatic rings. The van der Waals surface area contributed by atoms with E-state index in [2.05, 4.69) is 9.71 Å². The molecule has 0 fully saturated rings. The van der Waals surface area contributed by atoms with Gasteiger partial charge in [-0.3, -0.25) is 4.98 Å². The van der Waals surface area contributed by atoms with Crippen LogP contribution in [-0.2, 0) is 15.6 Å². The number of benzene rings is 1. The van der Waals surface area contributed by atoms with Gasteiger partial charge in [0.05, 0.1) is 17.5 Å². The van der Waals surface area contributed by atoms with Crippen molar-refractivity contribution in [1.82, 2.24) is 9.71 Å². The molecule has 1 N–H and O–H groups in total. The fourth-order valence-corrected chi connectivity index (χ4v) is 3.73. The summed E-state index contributed by atoms with van der Waals surface area (Å²) in [5.74, 6) is 0.660. The second kappa shape index (κ2) is 6.06. The lowest BCUT2D eigenvalue weighted by atomic mass is 9.97. The third-order valence-corrected chi connectivity index (χ3v) is 5.12. The van der Waals surface area contributed by atoms with E-state index < -0.39 is 15.6 Å². The largest absolute Gasteiger partial charge is 0.496 e. The molecule has 0 aliphatic carbocycles. The van der Waals surface area contributed by atoms with Gasteiger partial charge >= 0.3 is 0 Å². The highest BCUT2D eigenvalue weighted by Crippen LogP contribution is 2.25. The number of nitrogens with zero attached hydrogens (tertiary/aromatic N) is 1.